The summed E-state index contributed by atoms with van der Waals surface area (Å²) in [6, 6.07) is 15.4. The summed E-state index contributed by atoms with van der Waals surface area (Å²) in [6.07, 6.45) is 0. The van der Waals surface area contributed by atoms with Crippen LogP contribution in [0.3, 0.4) is 0 Å². The molecule has 2 N–H and O–H groups in total. The highest BCUT2D eigenvalue weighted by molar-refractivity contribution is 6.35. The molecule has 0 aliphatic heterocycles. The molecule has 0 aliphatic carbocycles. The lowest BCUT2D eigenvalue weighted by Gasteiger charge is -2.07. The number of halogens is 2. The number of benzene rings is 2. The smallest absolute Gasteiger partial charge is 0.287 e. The van der Waals surface area contributed by atoms with E-state index in [2.05, 4.69) is 10.6 Å². The molecule has 0 bridgehead atoms. The van der Waals surface area contributed by atoms with Crippen LogP contribution in [-0.2, 0) is 11.4 Å². The number of furan rings is 1. The zero-order chi connectivity index (χ0) is 20.8. The van der Waals surface area contributed by atoms with Crippen molar-refractivity contribution in [3.05, 3.63) is 81.7 Å². The molecule has 0 fully saturated rings. The molecule has 8 heteroatoms. The molecule has 1 heterocycles. The Bertz CT molecular complexity index is 1020. The highest BCUT2D eigenvalue weighted by Crippen LogP contribution is 2.28. The highest BCUT2D eigenvalue weighted by atomic mass is 35.5. The van der Waals surface area contributed by atoms with Crippen LogP contribution in [0.5, 0.6) is 5.75 Å². The average molecular weight is 433 g/mol. The third kappa shape index (κ3) is 6.01. The molecule has 150 valence electrons. The second-order valence-electron chi connectivity index (χ2n) is 6.23. The van der Waals surface area contributed by atoms with Crippen LogP contribution in [0.15, 0.2) is 59.0 Å². The van der Waals surface area contributed by atoms with Crippen molar-refractivity contribution in [1.29, 1.82) is 0 Å². The first kappa shape index (κ1) is 20.8. The van der Waals surface area contributed by atoms with E-state index in [0.717, 1.165) is 5.56 Å². The van der Waals surface area contributed by atoms with Crippen LogP contribution in [0.25, 0.3) is 0 Å². The molecule has 0 aliphatic rings. The quantitative estimate of drug-likeness (QED) is 0.559. The zero-order valence-electron chi connectivity index (χ0n) is 15.5. The molecule has 0 radical (unpaired) electrons. The van der Waals surface area contributed by atoms with E-state index in [-0.39, 0.29) is 24.8 Å². The van der Waals surface area contributed by atoms with Crippen molar-refractivity contribution in [2.45, 2.75) is 13.5 Å². The van der Waals surface area contributed by atoms with Crippen molar-refractivity contribution in [2.75, 3.05) is 11.9 Å². The Labute approximate surface area is 177 Å². The summed E-state index contributed by atoms with van der Waals surface area (Å²) in [7, 11) is 0. The largest absolute Gasteiger partial charge is 0.484 e. The van der Waals surface area contributed by atoms with Crippen molar-refractivity contribution >= 4 is 40.7 Å². The first-order valence-electron chi connectivity index (χ1n) is 8.72. The third-order valence-corrected chi connectivity index (χ3v) is 4.42. The molecule has 0 unspecified atom stereocenters. The first-order valence-corrected chi connectivity index (χ1v) is 9.47. The van der Waals surface area contributed by atoms with E-state index < -0.39 is 5.91 Å². The summed E-state index contributed by atoms with van der Waals surface area (Å²) in [4.78, 5) is 24.1. The van der Waals surface area contributed by atoms with Gasteiger partial charge in [-0.2, -0.15) is 0 Å². The van der Waals surface area contributed by atoms with Crippen molar-refractivity contribution < 1.29 is 18.7 Å². The number of nitrogens with one attached hydrogen (secondary N) is 2. The van der Waals surface area contributed by atoms with Gasteiger partial charge in [0.15, 0.2) is 5.76 Å². The number of amides is 2. The topological polar surface area (TPSA) is 80.6 Å². The monoisotopic (exact) mass is 432 g/mol. The summed E-state index contributed by atoms with van der Waals surface area (Å²) in [5.41, 5.74) is 1.75. The van der Waals surface area contributed by atoms with Crippen LogP contribution < -0.4 is 15.4 Å². The lowest BCUT2D eigenvalue weighted by atomic mass is 10.2. The van der Waals surface area contributed by atoms with Gasteiger partial charge in [-0.25, -0.2) is 0 Å². The molecule has 2 aromatic carbocycles. The van der Waals surface area contributed by atoms with Crippen LogP contribution in [0.4, 0.5) is 5.69 Å². The van der Waals surface area contributed by atoms with Crippen molar-refractivity contribution in [3.8, 4) is 5.75 Å². The first-order chi connectivity index (χ1) is 13.9. The SMILES string of the molecule is Cc1ccc(NC(=O)CNC(=O)c2ccc(COc3ccc(Cl)cc3Cl)o2)cc1. The number of rotatable bonds is 7. The van der Waals surface area contributed by atoms with Gasteiger partial charge in [-0.1, -0.05) is 40.9 Å². The standard InChI is InChI=1S/C21H18Cl2N2O4/c1-13-2-5-15(6-3-13)25-20(26)11-24-21(27)19-9-7-16(29-19)12-28-18-8-4-14(22)10-17(18)23/h2-10H,11-12H2,1H3,(H,24,27)(H,25,26). The minimum Gasteiger partial charge on any atom is -0.484 e. The molecule has 3 aromatic rings. The van der Waals surface area contributed by atoms with E-state index in [0.29, 0.717) is 27.2 Å². The van der Waals surface area contributed by atoms with Crippen molar-refractivity contribution in [2.24, 2.45) is 0 Å². The number of hydrogen-bond acceptors (Lipinski definition) is 4. The average Bonchev–Trinajstić information content (AvgIpc) is 3.16. The Morgan fingerprint density at radius 2 is 1.79 bits per heavy atom. The van der Waals surface area contributed by atoms with Crippen molar-refractivity contribution in [1.82, 2.24) is 5.32 Å². The molecular formula is C21H18Cl2N2O4. The molecule has 3 rings (SSSR count). The summed E-state index contributed by atoms with van der Waals surface area (Å²) in [6.45, 7) is 1.86. The number of carbonyl (C=O) groups is 2. The fourth-order valence-electron chi connectivity index (χ4n) is 2.41. The van der Waals surface area contributed by atoms with Crippen LogP contribution >= 0.6 is 23.2 Å². The number of anilines is 1. The van der Waals surface area contributed by atoms with E-state index in [1.54, 1.807) is 36.4 Å². The second-order valence-corrected chi connectivity index (χ2v) is 7.07. The predicted octanol–water partition coefficient (Wildman–Crippen LogP) is 4.84. The van der Waals surface area contributed by atoms with Gasteiger partial charge >= 0.3 is 0 Å². The Morgan fingerprint density at radius 3 is 2.52 bits per heavy atom. The minimum absolute atomic E-state index is 0.0777. The van der Waals surface area contributed by atoms with Crippen molar-refractivity contribution in [3.63, 3.8) is 0 Å². The number of ether oxygens (including phenoxy) is 1. The highest BCUT2D eigenvalue weighted by Gasteiger charge is 2.13. The maximum atomic E-state index is 12.2. The molecule has 0 saturated carbocycles. The fraction of sp³-hybridized carbons (Fsp3) is 0.143. The maximum absolute atomic E-state index is 12.2. The number of aryl methyl sites for hydroxylation is 1. The van der Waals surface area contributed by atoms with Gasteiger partial charge in [-0.3, -0.25) is 9.59 Å². The molecular weight excluding hydrogens is 415 g/mol. The molecule has 0 spiro atoms. The summed E-state index contributed by atoms with van der Waals surface area (Å²) < 4.78 is 11.0. The van der Waals surface area contributed by atoms with Gasteiger partial charge in [0.05, 0.1) is 11.6 Å². The van der Waals surface area contributed by atoms with Crippen LogP contribution in [0.2, 0.25) is 10.0 Å². The molecule has 2 amide bonds. The molecule has 6 nitrogen and oxygen atoms in total. The predicted molar refractivity (Wildman–Crippen MR) is 112 cm³/mol. The summed E-state index contributed by atoms with van der Waals surface area (Å²) in [5.74, 6) is 0.125. The van der Waals surface area contributed by atoms with Crippen LogP contribution in [-0.4, -0.2) is 18.4 Å². The van der Waals surface area contributed by atoms with Gasteiger partial charge in [0, 0.05) is 10.7 Å². The second kappa shape index (κ2) is 9.49. The molecule has 0 saturated heterocycles. The fourth-order valence-corrected chi connectivity index (χ4v) is 2.87. The van der Waals surface area contributed by atoms with Crippen LogP contribution in [0.1, 0.15) is 21.9 Å². The van der Waals surface area contributed by atoms with E-state index in [1.807, 2.05) is 19.1 Å². The minimum atomic E-state index is -0.500. The maximum Gasteiger partial charge on any atom is 0.287 e. The Hall–Kier alpha value is -2.96. The van der Waals surface area contributed by atoms with Gasteiger partial charge in [0.25, 0.3) is 5.91 Å². The Balaban J connectivity index is 1.48. The van der Waals surface area contributed by atoms with Gasteiger partial charge < -0.3 is 19.8 Å². The number of carbonyl (C=O) groups excluding carboxylic acids is 2. The van der Waals surface area contributed by atoms with E-state index in [9.17, 15) is 9.59 Å². The van der Waals surface area contributed by atoms with Crippen LogP contribution in [0, 0.1) is 6.92 Å². The normalized spacial score (nSPS) is 10.4. The summed E-state index contributed by atoms with van der Waals surface area (Å²) in [5, 5.41) is 6.10. The Kier molecular flexibility index (Phi) is 6.80. The lowest BCUT2D eigenvalue weighted by molar-refractivity contribution is -0.115. The van der Waals surface area contributed by atoms with Gasteiger partial charge in [-0.05, 0) is 49.4 Å². The lowest BCUT2D eigenvalue weighted by Crippen LogP contribution is -2.32. The molecule has 0 atom stereocenters. The molecule has 1 aromatic heterocycles. The van der Waals surface area contributed by atoms with Gasteiger partial charge in [0.1, 0.15) is 18.1 Å². The zero-order valence-corrected chi connectivity index (χ0v) is 17.0. The van der Waals surface area contributed by atoms with Gasteiger partial charge in [-0.15, -0.1) is 0 Å². The van der Waals surface area contributed by atoms with E-state index in [4.69, 9.17) is 32.4 Å². The number of hydrogen-bond donors (Lipinski definition) is 2. The third-order valence-electron chi connectivity index (χ3n) is 3.89. The summed E-state index contributed by atoms with van der Waals surface area (Å²) >= 11 is 11.9. The molecule has 29 heavy (non-hydrogen) atoms. The Morgan fingerprint density at radius 1 is 1.03 bits per heavy atom. The van der Waals surface area contributed by atoms with Gasteiger partial charge in [0.2, 0.25) is 5.91 Å². The van der Waals surface area contributed by atoms with E-state index in [1.165, 1.54) is 6.07 Å². The van der Waals surface area contributed by atoms with E-state index >= 15 is 0 Å².